The predicted octanol–water partition coefficient (Wildman–Crippen LogP) is 1.02. The molecule has 1 aromatic heterocycles. The van der Waals surface area contributed by atoms with Crippen molar-refractivity contribution in [2.75, 3.05) is 13.1 Å². The Bertz CT molecular complexity index is 454. The van der Waals surface area contributed by atoms with Gasteiger partial charge in [0, 0.05) is 25.2 Å². The van der Waals surface area contributed by atoms with Crippen LogP contribution in [0.3, 0.4) is 0 Å². The number of aromatic hydroxyl groups is 1. The highest BCUT2D eigenvalue weighted by atomic mass is 16.3. The average molecular weight is 250 g/mol. The second-order valence-corrected chi connectivity index (χ2v) is 5.32. The van der Waals surface area contributed by atoms with Crippen molar-refractivity contribution in [2.45, 2.75) is 25.9 Å². The molecule has 1 atom stereocenters. The number of aliphatic hydroxyl groups is 1. The summed E-state index contributed by atoms with van der Waals surface area (Å²) in [4.78, 5) is 17.7. The van der Waals surface area contributed by atoms with Crippen LogP contribution in [0.25, 0.3) is 0 Å². The van der Waals surface area contributed by atoms with Gasteiger partial charge in [-0.05, 0) is 26.3 Å². The van der Waals surface area contributed by atoms with Gasteiger partial charge in [0.05, 0.1) is 17.4 Å². The van der Waals surface area contributed by atoms with E-state index in [1.165, 1.54) is 18.5 Å². The fourth-order valence-electron chi connectivity index (χ4n) is 2.25. The van der Waals surface area contributed by atoms with E-state index in [-0.39, 0.29) is 17.6 Å². The Balaban J connectivity index is 2.08. The van der Waals surface area contributed by atoms with E-state index < -0.39 is 5.60 Å². The lowest BCUT2D eigenvalue weighted by Gasteiger charge is -2.25. The summed E-state index contributed by atoms with van der Waals surface area (Å²) in [5.41, 5.74) is -0.391. The Morgan fingerprint density at radius 2 is 2.22 bits per heavy atom. The van der Waals surface area contributed by atoms with Crippen molar-refractivity contribution in [1.29, 1.82) is 0 Å². The zero-order chi connectivity index (χ0) is 13.3. The third-order valence-electron chi connectivity index (χ3n) is 3.45. The van der Waals surface area contributed by atoms with Gasteiger partial charge in [-0.25, -0.2) is 0 Å². The first-order valence-electron chi connectivity index (χ1n) is 6.03. The van der Waals surface area contributed by atoms with Crippen LogP contribution in [0.5, 0.6) is 5.75 Å². The molecule has 1 aliphatic rings. The number of likely N-dealkylation sites (tertiary alicyclic amines) is 1. The highest BCUT2D eigenvalue weighted by Crippen LogP contribution is 2.28. The Morgan fingerprint density at radius 3 is 2.78 bits per heavy atom. The molecule has 0 aliphatic carbocycles. The number of hydrogen-bond acceptors (Lipinski definition) is 4. The summed E-state index contributed by atoms with van der Waals surface area (Å²) >= 11 is 0. The number of hydrogen-bond donors (Lipinski definition) is 2. The Kier molecular flexibility index (Phi) is 3.26. The minimum Gasteiger partial charge on any atom is -0.506 e. The molecule has 0 unspecified atom stereocenters. The molecular formula is C13H18N2O3. The summed E-state index contributed by atoms with van der Waals surface area (Å²) in [5, 5.41) is 19.3. The molecule has 0 aromatic carbocycles. The van der Waals surface area contributed by atoms with E-state index >= 15 is 0 Å². The average Bonchev–Trinajstić information content (AvgIpc) is 2.77. The molecule has 2 heterocycles. The first-order chi connectivity index (χ1) is 8.38. The maximum absolute atomic E-state index is 12.2. The molecule has 1 aromatic rings. The summed E-state index contributed by atoms with van der Waals surface area (Å²) in [6.07, 6.45) is 3.53. The summed E-state index contributed by atoms with van der Waals surface area (Å²) in [6, 6.07) is 1.41. The van der Waals surface area contributed by atoms with Gasteiger partial charge >= 0.3 is 0 Å². The quantitative estimate of drug-likeness (QED) is 0.822. The van der Waals surface area contributed by atoms with Gasteiger partial charge in [-0.3, -0.25) is 9.78 Å². The largest absolute Gasteiger partial charge is 0.506 e. The van der Waals surface area contributed by atoms with Gasteiger partial charge in [0.15, 0.2) is 0 Å². The van der Waals surface area contributed by atoms with Crippen LogP contribution in [0.2, 0.25) is 0 Å². The molecule has 2 rings (SSSR count). The summed E-state index contributed by atoms with van der Waals surface area (Å²) in [7, 11) is 0. The SMILES string of the molecule is CC(C)(O)[C@@H]1CCN(C(=O)c2cncc(O)c2)C1. The Labute approximate surface area is 106 Å². The molecule has 0 saturated carbocycles. The second kappa shape index (κ2) is 4.57. The van der Waals surface area contributed by atoms with Gasteiger partial charge in [-0.1, -0.05) is 0 Å². The van der Waals surface area contributed by atoms with Crippen molar-refractivity contribution < 1.29 is 15.0 Å². The molecule has 18 heavy (non-hydrogen) atoms. The number of nitrogens with zero attached hydrogens (tertiary/aromatic N) is 2. The zero-order valence-electron chi connectivity index (χ0n) is 10.6. The summed E-state index contributed by atoms with van der Waals surface area (Å²) in [6.45, 7) is 4.70. The number of rotatable bonds is 2. The van der Waals surface area contributed by atoms with Crippen LogP contribution in [-0.4, -0.2) is 44.7 Å². The van der Waals surface area contributed by atoms with Crippen LogP contribution in [0, 0.1) is 5.92 Å². The predicted molar refractivity (Wildman–Crippen MR) is 66.2 cm³/mol. The molecule has 5 heteroatoms. The van der Waals surface area contributed by atoms with Gasteiger partial charge in [0.25, 0.3) is 5.91 Å². The number of aromatic nitrogens is 1. The molecule has 1 fully saturated rings. The molecular weight excluding hydrogens is 232 g/mol. The van der Waals surface area contributed by atoms with Crippen molar-refractivity contribution in [3.8, 4) is 5.75 Å². The van der Waals surface area contributed by atoms with E-state index in [4.69, 9.17) is 0 Å². The lowest BCUT2D eigenvalue weighted by molar-refractivity contribution is 0.0211. The monoisotopic (exact) mass is 250 g/mol. The lowest BCUT2D eigenvalue weighted by Crippen LogP contribution is -2.35. The van der Waals surface area contributed by atoms with Crippen molar-refractivity contribution in [2.24, 2.45) is 5.92 Å². The molecule has 1 aliphatic heterocycles. The molecule has 1 saturated heterocycles. The number of carbonyl (C=O) groups excluding carboxylic acids is 1. The lowest BCUT2D eigenvalue weighted by atomic mass is 9.90. The highest BCUT2D eigenvalue weighted by molar-refractivity contribution is 5.94. The van der Waals surface area contributed by atoms with E-state index in [9.17, 15) is 15.0 Å². The zero-order valence-corrected chi connectivity index (χ0v) is 10.6. The van der Waals surface area contributed by atoms with Crippen LogP contribution in [0.4, 0.5) is 0 Å². The normalized spacial score (nSPS) is 20.2. The molecule has 0 bridgehead atoms. The molecule has 0 radical (unpaired) electrons. The van der Waals surface area contributed by atoms with E-state index in [1.54, 1.807) is 18.7 Å². The highest BCUT2D eigenvalue weighted by Gasteiger charge is 2.35. The summed E-state index contributed by atoms with van der Waals surface area (Å²) < 4.78 is 0. The van der Waals surface area contributed by atoms with Gasteiger partial charge < -0.3 is 15.1 Å². The fourth-order valence-corrected chi connectivity index (χ4v) is 2.25. The Morgan fingerprint density at radius 1 is 1.50 bits per heavy atom. The van der Waals surface area contributed by atoms with Crippen molar-refractivity contribution in [3.63, 3.8) is 0 Å². The molecule has 0 spiro atoms. The number of carbonyl (C=O) groups is 1. The Hall–Kier alpha value is -1.62. The van der Waals surface area contributed by atoms with Gasteiger partial charge in [-0.2, -0.15) is 0 Å². The molecule has 1 amide bonds. The third kappa shape index (κ3) is 2.61. The van der Waals surface area contributed by atoms with Crippen LogP contribution in [0.1, 0.15) is 30.6 Å². The van der Waals surface area contributed by atoms with Crippen LogP contribution in [-0.2, 0) is 0 Å². The standard InChI is InChI=1S/C13H18N2O3/c1-13(2,18)10-3-4-15(8-10)12(17)9-5-11(16)7-14-6-9/h5-7,10,16,18H,3-4,8H2,1-2H3/t10-/m1/s1. The van der Waals surface area contributed by atoms with E-state index in [0.29, 0.717) is 18.7 Å². The van der Waals surface area contributed by atoms with Gasteiger partial charge in [-0.15, -0.1) is 0 Å². The van der Waals surface area contributed by atoms with E-state index in [0.717, 1.165) is 6.42 Å². The van der Waals surface area contributed by atoms with E-state index in [1.807, 2.05) is 0 Å². The van der Waals surface area contributed by atoms with Crippen LogP contribution in [0.15, 0.2) is 18.5 Å². The van der Waals surface area contributed by atoms with Crippen LogP contribution < -0.4 is 0 Å². The minimum absolute atomic E-state index is 0.0147. The number of pyridine rings is 1. The molecule has 2 N–H and O–H groups in total. The number of amides is 1. The van der Waals surface area contributed by atoms with Crippen molar-refractivity contribution >= 4 is 5.91 Å². The molecule has 98 valence electrons. The minimum atomic E-state index is -0.772. The van der Waals surface area contributed by atoms with Crippen molar-refractivity contribution in [1.82, 2.24) is 9.88 Å². The maximum Gasteiger partial charge on any atom is 0.255 e. The van der Waals surface area contributed by atoms with Crippen molar-refractivity contribution in [3.05, 3.63) is 24.0 Å². The summed E-state index contributed by atoms with van der Waals surface area (Å²) in [5.74, 6) is -0.0732. The van der Waals surface area contributed by atoms with E-state index in [2.05, 4.69) is 4.98 Å². The fraction of sp³-hybridized carbons (Fsp3) is 0.538. The first-order valence-corrected chi connectivity index (χ1v) is 6.03. The van der Waals surface area contributed by atoms with Crippen LogP contribution >= 0.6 is 0 Å². The third-order valence-corrected chi connectivity index (χ3v) is 3.45. The second-order valence-electron chi connectivity index (χ2n) is 5.32. The smallest absolute Gasteiger partial charge is 0.255 e. The first kappa shape index (κ1) is 12.8. The molecule has 5 nitrogen and oxygen atoms in total. The van der Waals surface area contributed by atoms with Gasteiger partial charge in [0.1, 0.15) is 5.75 Å². The topological polar surface area (TPSA) is 73.7 Å². The maximum atomic E-state index is 12.2. The van der Waals surface area contributed by atoms with Gasteiger partial charge in [0.2, 0.25) is 0 Å².